The monoisotopic (exact) mass is 374 g/mol. The van der Waals surface area contributed by atoms with Crippen molar-refractivity contribution in [1.29, 1.82) is 0 Å². The van der Waals surface area contributed by atoms with Crippen LogP contribution in [0.3, 0.4) is 0 Å². The lowest BCUT2D eigenvalue weighted by molar-refractivity contribution is -0.0634. The summed E-state index contributed by atoms with van der Waals surface area (Å²) in [6.45, 7) is 13.4. The zero-order valence-corrected chi connectivity index (χ0v) is 17.4. The Morgan fingerprint density at radius 1 is 1.07 bits per heavy atom. The largest absolute Gasteiger partial charge is 0.389 e. The molecule has 1 aromatic rings. The minimum absolute atomic E-state index is 0.307. The molecule has 0 aromatic heterocycles. The molecule has 1 aliphatic heterocycles. The molecule has 27 heavy (non-hydrogen) atoms. The van der Waals surface area contributed by atoms with Gasteiger partial charge in [0.25, 0.3) is 0 Å². The Bertz CT molecular complexity index is 555. The highest BCUT2D eigenvalue weighted by molar-refractivity contribution is 5.14. The Morgan fingerprint density at radius 3 is 2.41 bits per heavy atom. The van der Waals surface area contributed by atoms with Crippen molar-refractivity contribution in [3.63, 3.8) is 0 Å². The molecule has 1 N–H and O–H groups in total. The van der Waals surface area contributed by atoms with Gasteiger partial charge in [0.1, 0.15) is 0 Å². The van der Waals surface area contributed by atoms with E-state index in [0.717, 1.165) is 52.1 Å². The van der Waals surface area contributed by atoms with E-state index in [4.69, 9.17) is 4.74 Å². The second-order valence-corrected chi connectivity index (χ2v) is 9.58. The lowest BCUT2D eigenvalue weighted by atomic mass is 9.71. The van der Waals surface area contributed by atoms with Crippen LogP contribution in [-0.2, 0) is 11.3 Å². The zero-order valence-electron chi connectivity index (χ0n) is 17.4. The molecule has 2 fully saturated rings. The first-order chi connectivity index (χ1) is 12.9. The molecular formula is C23H38N2O2. The van der Waals surface area contributed by atoms with Crippen molar-refractivity contribution in [3.05, 3.63) is 35.9 Å². The van der Waals surface area contributed by atoms with Gasteiger partial charge in [-0.2, -0.15) is 0 Å². The van der Waals surface area contributed by atoms with Crippen LogP contribution in [0, 0.1) is 11.3 Å². The van der Waals surface area contributed by atoms with Gasteiger partial charge in [-0.05, 0) is 36.2 Å². The number of hydrogen-bond acceptors (Lipinski definition) is 4. The molecular weight excluding hydrogens is 336 g/mol. The van der Waals surface area contributed by atoms with Crippen molar-refractivity contribution in [2.75, 3.05) is 39.3 Å². The predicted molar refractivity (Wildman–Crippen MR) is 111 cm³/mol. The molecule has 1 saturated heterocycles. The van der Waals surface area contributed by atoms with E-state index in [1.807, 2.05) is 0 Å². The first-order valence-electron chi connectivity index (χ1n) is 10.7. The third kappa shape index (κ3) is 6.86. The van der Waals surface area contributed by atoms with E-state index in [9.17, 15) is 5.11 Å². The maximum absolute atomic E-state index is 10.4. The van der Waals surface area contributed by atoms with Crippen molar-refractivity contribution in [1.82, 2.24) is 9.80 Å². The summed E-state index contributed by atoms with van der Waals surface area (Å²) in [5, 5.41) is 10.4. The minimum Gasteiger partial charge on any atom is -0.389 e. The Hall–Kier alpha value is -0.940. The molecule has 3 rings (SSSR count). The summed E-state index contributed by atoms with van der Waals surface area (Å²) in [7, 11) is 0. The van der Waals surface area contributed by atoms with Crippen LogP contribution in [0.15, 0.2) is 30.3 Å². The highest BCUT2D eigenvalue weighted by Crippen LogP contribution is 2.39. The molecule has 4 heteroatoms. The van der Waals surface area contributed by atoms with E-state index in [-0.39, 0.29) is 6.10 Å². The number of hydrogen-bond donors (Lipinski definition) is 1. The summed E-state index contributed by atoms with van der Waals surface area (Å²) in [5.74, 6) is 0.716. The van der Waals surface area contributed by atoms with Gasteiger partial charge in [-0.25, -0.2) is 0 Å². The van der Waals surface area contributed by atoms with Crippen LogP contribution in [-0.4, -0.2) is 66.4 Å². The maximum atomic E-state index is 10.4. The highest BCUT2D eigenvalue weighted by Gasteiger charge is 2.32. The average Bonchev–Trinajstić information content (AvgIpc) is 2.61. The van der Waals surface area contributed by atoms with Crippen LogP contribution in [0.5, 0.6) is 0 Å². The average molecular weight is 375 g/mol. The molecule has 0 unspecified atom stereocenters. The molecule has 3 atom stereocenters. The molecule has 0 bridgehead atoms. The molecule has 4 nitrogen and oxygen atoms in total. The summed E-state index contributed by atoms with van der Waals surface area (Å²) < 4.78 is 6.11. The van der Waals surface area contributed by atoms with Gasteiger partial charge in [0.15, 0.2) is 0 Å². The molecule has 0 amide bonds. The standard InChI is InChI=1S/C23H38N2O2/c1-19-13-22(15-23(2,3)14-19)27-18-21(26)17-25-11-9-24(10-12-25)16-20-7-5-4-6-8-20/h4-8,19,21-22,26H,9-18H2,1-3H3/t19-,21+,22+/m0/s1. The molecule has 0 radical (unpaired) electrons. The van der Waals surface area contributed by atoms with Crippen molar-refractivity contribution >= 4 is 0 Å². The third-order valence-electron chi connectivity index (χ3n) is 6.05. The second-order valence-electron chi connectivity index (χ2n) is 9.58. The molecule has 152 valence electrons. The quantitative estimate of drug-likeness (QED) is 0.794. The van der Waals surface area contributed by atoms with Gasteiger partial charge in [-0.15, -0.1) is 0 Å². The lowest BCUT2D eigenvalue weighted by Crippen LogP contribution is -2.48. The zero-order chi connectivity index (χ0) is 19.3. The maximum Gasteiger partial charge on any atom is 0.0900 e. The van der Waals surface area contributed by atoms with Gasteiger partial charge in [0, 0.05) is 39.3 Å². The SMILES string of the molecule is C[C@H]1C[C@@H](OC[C@H](O)CN2CCN(Cc3ccccc3)CC2)CC(C)(C)C1. The summed E-state index contributed by atoms with van der Waals surface area (Å²) >= 11 is 0. The molecule has 1 aromatic carbocycles. The predicted octanol–water partition coefficient (Wildman–Crippen LogP) is 3.40. The van der Waals surface area contributed by atoms with E-state index in [1.165, 1.54) is 12.0 Å². The smallest absolute Gasteiger partial charge is 0.0900 e. The summed E-state index contributed by atoms with van der Waals surface area (Å²) in [5.41, 5.74) is 1.74. The van der Waals surface area contributed by atoms with Crippen molar-refractivity contribution < 1.29 is 9.84 Å². The Kier molecular flexibility index (Phi) is 7.32. The van der Waals surface area contributed by atoms with Gasteiger partial charge >= 0.3 is 0 Å². The third-order valence-corrected chi connectivity index (χ3v) is 6.05. The van der Waals surface area contributed by atoms with E-state index < -0.39 is 0 Å². The number of ether oxygens (including phenoxy) is 1. The van der Waals surface area contributed by atoms with Crippen molar-refractivity contribution in [2.24, 2.45) is 11.3 Å². The van der Waals surface area contributed by atoms with E-state index in [2.05, 4.69) is 60.9 Å². The molecule has 2 aliphatic rings. The van der Waals surface area contributed by atoms with E-state index in [1.54, 1.807) is 0 Å². The first-order valence-corrected chi connectivity index (χ1v) is 10.7. The second kappa shape index (κ2) is 9.51. The number of piperazine rings is 1. The number of aliphatic hydroxyl groups is 1. The van der Waals surface area contributed by atoms with E-state index >= 15 is 0 Å². The van der Waals surface area contributed by atoms with Crippen molar-refractivity contribution in [3.8, 4) is 0 Å². The van der Waals surface area contributed by atoms with E-state index in [0.29, 0.717) is 24.0 Å². The highest BCUT2D eigenvalue weighted by atomic mass is 16.5. The molecule has 0 spiro atoms. The van der Waals surface area contributed by atoms with Gasteiger partial charge in [-0.3, -0.25) is 9.80 Å². The molecule has 1 aliphatic carbocycles. The molecule has 1 heterocycles. The van der Waals surface area contributed by atoms with Crippen molar-refractivity contribution in [2.45, 2.75) is 58.8 Å². The topological polar surface area (TPSA) is 35.9 Å². The summed E-state index contributed by atoms with van der Waals surface area (Å²) in [6, 6.07) is 10.7. The number of β-amino-alcohol motifs (C(OH)–C–C–N with tert-alkyl or cyclic N) is 1. The normalized spacial score (nSPS) is 28.1. The van der Waals surface area contributed by atoms with Gasteiger partial charge in [0.05, 0.1) is 18.8 Å². The van der Waals surface area contributed by atoms with Crippen LogP contribution in [0.4, 0.5) is 0 Å². The van der Waals surface area contributed by atoms with Gasteiger partial charge in [0.2, 0.25) is 0 Å². The number of nitrogens with zero attached hydrogens (tertiary/aromatic N) is 2. The number of benzene rings is 1. The van der Waals surface area contributed by atoms with Crippen LogP contribution in [0.2, 0.25) is 0 Å². The first kappa shape index (κ1) is 20.8. The van der Waals surface area contributed by atoms with Crippen LogP contribution >= 0.6 is 0 Å². The summed E-state index contributed by atoms with van der Waals surface area (Å²) in [6.07, 6.45) is 3.45. The summed E-state index contributed by atoms with van der Waals surface area (Å²) in [4.78, 5) is 4.88. The molecule has 1 saturated carbocycles. The number of aliphatic hydroxyl groups excluding tert-OH is 1. The fraction of sp³-hybridized carbons (Fsp3) is 0.739. The van der Waals surface area contributed by atoms with Crippen LogP contribution < -0.4 is 0 Å². The van der Waals surface area contributed by atoms with Crippen LogP contribution in [0.25, 0.3) is 0 Å². The van der Waals surface area contributed by atoms with Crippen LogP contribution in [0.1, 0.15) is 45.6 Å². The lowest BCUT2D eigenvalue weighted by Gasteiger charge is -2.39. The Labute approximate surface area is 165 Å². The minimum atomic E-state index is -0.383. The Balaban J connectivity index is 1.34. The fourth-order valence-electron chi connectivity index (χ4n) is 4.95. The number of rotatable bonds is 7. The fourth-order valence-corrected chi connectivity index (χ4v) is 4.95. The van der Waals surface area contributed by atoms with Gasteiger partial charge in [-0.1, -0.05) is 51.1 Å². The Morgan fingerprint density at radius 2 is 1.74 bits per heavy atom. The van der Waals surface area contributed by atoms with Gasteiger partial charge < -0.3 is 9.84 Å².